The second-order valence-electron chi connectivity index (χ2n) is 8.60. The Morgan fingerprint density at radius 3 is 2.47 bits per heavy atom. The quantitative estimate of drug-likeness (QED) is 0.492. The van der Waals surface area contributed by atoms with Crippen molar-refractivity contribution in [2.24, 2.45) is 0 Å². The highest BCUT2D eigenvalue weighted by molar-refractivity contribution is 6.32. The van der Waals surface area contributed by atoms with Crippen LogP contribution in [0.25, 0.3) is 11.0 Å². The molecule has 0 saturated carbocycles. The van der Waals surface area contributed by atoms with E-state index in [4.69, 9.17) is 20.8 Å². The van der Waals surface area contributed by atoms with E-state index in [2.05, 4.69) is 22.3 Å². The zero-order valence-electron chi connectivity index (χ0n) is 19.0. The van der Waals surface area contributed by atoms with Crippen LogP contribution in [-0.4, -0.2) is 37.6 Å². The number of rotatable bonds is 6. The normalized spacial score (nSPS) is 16.0. The number of methoxy groups -OCH3 is 1. The molecule has 1 saturated heterocycles. The summed E-state index contributed by atoms with van der Waals surface area (Å²) in [6.07, 6.45) is 4.89. The van der Waals surface area contributed by atoms with Crippen LogP contribution in [0.5, 0.6) is 5.75 Å². The average molecular weight is 455 g/mol. The molecule has 1 N–H and O–H groups in total. The van der Waals surface area contributed by atoms with E-state index in [1.54, 1.807) is 7.11 Å². The standard InChI is InChI=1S/C26H31ClN2O3/c1-17-14-24-21(15-22(17)27)18(2)25(32-24)26(30)28-16-23(29-12-6-4-5-7-13-29)19-8-10-20(31-3)11-9-19/h8-11,14-15,23H,4-7,12-13,16H2,1-3H3,(H,28,30)/t23-/m0/s1. The van der Waals surface area contributed by atoms with Crippen LogP contribution in [0.4, 0.5) is 0 Å². The first kappa shape index (κ1) is 22.7. The van der Waals surface area contributed by atoms with Gasteiger partial charge in [-0.15, -0.1) is 0 Å². The largest absolute Gasteiger partial charge is 0.497 e. The van der Waals surface area contributed by atoms with Gasteiger partial charge in [0.2, 0.25) is 0 Å². The maximum absolute atomic E-state index is 13.1. The average Bonchev–Trinajstić information content (AvgIpc) is 2.97. The lowest BCUT2D eigenvalue weighted by molar-refractivity contribution is 0.0907. The van der Waals surface area contributed by atoms with E-state index >= 15 is 0 Å². The molecule has 3 aromatic rings. The third-order valence-corrected chi connectivity index (χ3v) is 6.87. The van der Waals surface area contributed by atoms with Gasteiger partial charge in [0.1, 0.15) is 11.3 Å². The lowest BCUT2D eigenvalue weighted by atomic mass is 10.0. The fourth-order valence-corrected chi connectivity index (χ4v) is 4.68. The van der Waals surface area contributed by atoms with Gasteiger partial charge in [-0.05, 0) is 75.2 Å². The lowest BCUT2D eigenvalue weighted by Gasteiger charge is -2.31. The van der Waals surface area contributed by atoms with Crippen LogP contribution in [0.3, 0.4) is 0 Å². The Labute approximate surface area is 194 Å². The highest BCUT2D eigenvalue weighted by Gasteiger charge is 2.24. The highest BCUT2D eigenvalue weighted by atomic mass is 35.5. The fraction of sp³-hybridized carbons (Fsp3) is 0.423. The molecule has 0 bridgehead atoms. The summed E-state index contributed by atoms with van der Waals surface area (Å²) in [5, 5.41) is 4.69. The molecular formula is C26H31ClN2O3. The van der Waals surface area contributed by atoms with Crippen molar-refractivity contribution in [3.8, 4) is 5.75 Å². The first-order valence-corrected chi connectivity index (χ1v) is 11.7. The Morgan fingerprint density at radius 1 is 1.12 bits per heavy atom. The zero-order valence-corrected chi connectivity index (χ0v) is 19.8. The third-order valence-electron chi connectivity index (χ3n) is 6.46. The number of fused-ring (bicyclic) bond motifs is 1. The molecule has 1 aliphatic rings. The van der Waals surface area contributed by atoms with Gasteiger partial charge in [-0.2, -0.15) is 0 Å². The SMILES string of the molecule is COc1ccc([C@H](CNC(=O)c2oc3cc(C)c(Cl)cc3c2C)N2CCCCCC2)cc1. The minimum absolute atomic E-state index is 0.101. The van der Waals surface area contributed by atoms with Crippen LogP contribution in [0.15, 0.2) is 40.8 Å². The van der Waals surface area contributed by atoms with E-state index in [1.807, 2.05) is 38.1 Å². The molecule has 1 aromatic heterocycles. The number of nitrogens with one attached hydrogen (secondary N) is 1. The van der Waals surface area contributed by atoms with Crippen molar-refractivity contribution in [2.45, 2.75) is 45.6 Å². The van der Waals surface area contributed by atoms with E-state index < -0.39 is 0 Å². The minimum Gasteiger partial charge on any atom is -0.497 e. The Balaban J connectivity index is 1.56. The molecule has 1 aliphatic heterocycles. The van der Waals surface area contributed by atoms with E-state index in [0.717, 1.165) is 35.4 Å². The van der Waals surface area contributed by atoms with Crippen molar-refractivity contribution in [3.63, 3.8) is 0 Å². The van der Waals surface area contributed by atoms with Crippen molar-refractivity contribution >= 4 is 28.5 Å². The topological polar surface area (TPSA) is 54.7 Å². The Bertz CT molecular complexity index is 1080. The summed E-state index contributed by atoms with van der Waals surface area (Å²) in [6, 6.07) is 12.0. The number of furan rings is 1. The molecule has 6 heteroatoms. The monoisotopic (exact) mass is 454 g/mol. The maximum atomic E-state index is 13.1. The van der Waals surface area contributed by atoms with Gasteiger partial charge < -0.3 is 14.5 Å². The molecular weight excluding hydrogens is 424 g/mol. The minimum atomic E-state index is -0.194. The van der Waals surface area contributed by atoms with Crippen LogP contribution in [0.2, 0.25) is 5.02 Å². The van der Waals surface area contributed by atoms with E-state index in [9.17, 15) is 4.79 Å². The van der Waals surface area contributed by atoms with Crippen molar-refractivity contribution in [3.05, 3.63) is 63.9 Å². The summed E-state index contributed by atoms with van der Waals surface area (Å²) in [4.78, 5) is 15.6. The summed E-state index contributed by atoms with van der Waals surface area (Å²) in [7, 11) is 1.67. The first-order chi connectivity index (χ1) is 15.5. The predicted molar refractivity (Wildman–Crippen MR) is 129 cm³/mol. The molecule has 4 rings (SSSR count). The molecule has 0 aliphatic carbocycles. The molecule has 1 amide bonds. The Kier molecular flexibility index (Phi) is 7.07. The van der Waals surface area contributed by atoms with Gasteiger partial charge in [-0.3, -0.25) is 9.69 Å². The second kappa shape index (κ2) is 9.97. The van der Waals surface area contributed by atoms with Crippen molar-refractivity contribution in [2.75, 3.05) is 26.7 Å². The predicted octanol–water partition coefficient (Wildman–Crippen LogP) is 6.06. The number of aryl methyl sites for hydroxylation is 2. The van der Waals surface area contributed by atoms with Crippen molar-refractivity contribution in [1.82, 2.24) is 10.2 Å². The molecule has 0 radical (unpaired) electrons. The number of ether oxygens (including phenoxy) is 1. The van der Waals surface area contributed by atoms with Gasteiger partial charge in [0, 0.05) is 22.5 Å². The fourth-order valence-electron chi connectivity index (χ4n) is 4.52. The van der Waals surface area contributed by atoms with Crippen LogP contribution < -0.4 is 10.1 Å². The van der Waals surface area contributed by atoms with Crippen LogP contribution >= 0.6 is 11.6 Å². The van der Waals surface area contributed by atoms with Crippen LogP contribution in [0.1, 0.15) is 59.0 Å². The van der Waals surface area contributed by atoms with Crippen LogP contribution in [-0.2, 0) is 0 Å². The number of nitrogens with zero attached hydrogens (tertiary/aromatic N) is 1. The summed E-state index contributed by atoms with van der Waals surface area (Å²) < 4.78 is 11.3. The van der Waals surface area contributed by atoms with Gasteiger partial charge in [-0.25, -0.2) is 0 Å². The van der Waals surface area contributed by atoms with Gasteiger partial charge in [0.25, 0.3) is 5.91 Å². The summed E-state index contributed by atoms with van der Waals surface area (Å²) >= 11 is 6.28. The highest BCUT2D eigenvalue weighted by Crippen LogP contribution is 2.31. The van der Waals surface area contributed by atoms with E-state index in [-0.39, 0.29) is 11.9 Å². The molecule has 2 aromatic carbocycles. The Morgan fingerprint density at radius 2 is 1.81 bits per heavy atom. The number of carbonyl (C=O) groups is 1. The number of likely N-dealkylation sites (tertiary alicyclic amines) is 1. The summed E-state index contributed by atoms with van der Waals surface area (Å²) in [5.74, 6) is 0.992. The van der Waals surface area contributed by atoms with Crippen LogP contribution in [0, 0.1) is 13.8 Å². The molecule has 1 atom stereocenters. The second-order valence-corrected chi connectivity index (χ2v) is 9.01. The Hall–Kier alpha value is -2.50. The maximum Gasteiger partial charge on any atom is 0.287 e. The molecule has 170 valence electrons. The molecule has 32 heavy (non-hydrogen) atoms. The molecule has 1 fully saturated rings. The van der Waals surface area contributed by atoms with Gasteiger partial charge in [-0.1, -0.05) is 36.6 Å². The number of hydrogen-bond acceptors (Lipinski definition) is 4. The van der Waals surface area contributed by atoms with E-state index in [0.29, 0.717) is 22.9 Å². The lowest BCUT2D eigenvalue weighted by Crippen LogP contribution is -2.38. The zero-order chi connectivity index (χ0) is 22.7. The molecule has 0 spiro atoms. The number of amides is 1. The third kappa shape index (κ3) is 4.79. The molecule has 2 heterocycles. The van der Waals surface area contributed by atoms with Crippen molar-refractivity contribution in [1.29, 1.82) is 0 Å². The number of benzene rings is 2. The van der Waals surface area contributed by atoms with Gasteiger partial charge >= 0.3 is 0 Å². The van der Waals surface area contributed by atoms with Gasteiger partial charge in [0.05, 0.1) is 13.2 Å². The number of halogens is 1. The van der Waals surface area contributed by atoms with Crippen molar-refractivity contribution < 1.29 is 13.9 Å². The van der Waals surface area contributed by atoms with E-state index in [1.165, 1.54) is 31.2 Å². The first-order valence-electron chi connectivity index (χ1n) is 11.3. The molecule has 0 unspecified atom stereocenters. The van der Waals surface area contributed by atoms with Gasteiger partial charge in [0.15, 0.2) is 5.76 Å². The smallest absolute Gasteiger partial charge is 0.287 e. The number of hydrogen-bond donors (Lipinski definition) is 1. The molecule has 5 nitrogen and oxygen atoms in total. The summed E-state index contributed by atoms with van der Waals surface area (Å²) in [5.41, 5.74) is 3.61. The number of carbonyl (C=O) groups excluding carboxylic acids is 1. The summed E-state index contributed by atoms with van der Waals surface area (Å²) in [6.45, 7) is 6.42.